The van der Waals surface area contributed by atoms with Gasteiger partial charge in [-0.3, -0.25) is 10.6 Å². The van der Waals surface area contributed by atoms with Crippen molar-refractivity contribution in [2.75, 3.05) is 10.7 Å². The summed E-state index contributed by atoms with van der Waals surface area (Å²) in [4.78, 5) is 11.9. The van der Waals surface area contributed by atoms with Crippen molar-refractivity contribution >= 4 is 33.2 Å². The van der Waals surface area contributed by atoms with Crippen molar-refractivity contribution in [2.24, 2.45) is 5.84 Å². The van der Waals surface area contributed by atoms with E-state index in [2.05, 4.69) is 26.7 Å². The number of nitrogen functional groups attached to an aromatic ring is 1. The van der Waals surface area contributed by atoms with Crippen molar-refractivity contribution in [3.63, 3.8) is 0 Å². The number of hydrogen-bond acceptors (Lipinski definition) is 3. The monoisotopic (exact) mass is 323 g/mol. The number of carbonyl (C=O) groups excluding carboxylic acids is 1. The van der Waals surface area contributed by atoms with Gasteiger partial charge >= 0.3 is 0 Å². The summed E-state index contributed by atoms with van der Waals surface area (Å²) >= 11 is 3.05. The summed E-state index contributed by atoms with van der Waals surface area (Å²) in [5, 5.41) is 2.61. The maximum absolute atomic E-state index is 13.3. The van der Waals surface area contributed by atoms with Crippen LogP contribution in [0.3, 0.4) is 0 Å². The van der Waals surface area contributed by atoms with Gasteiger partial charge in [0, 0.05) is 16.9 Å². The molecule has 0 fully saturated rings. The van der Waals surface area contributed by atoms with Crippen molar-refractivity contribution in [2.45, 2.75) is 0 Å². The molecule has 19 heavy (non-hydrogen) atoms. The Balaban J connectivity index is 2.13. The number of benzene rings is 2. The van der Waals surface area contributed by atoms with Gasteiger partial charge in [-0.1, -0.05) is 0 Å². The molecule has 0 aliphatic heterocycles. The Morgan fingerprint density at radius 3 is 2.32 bits per heavy atom. The van der Waals surface area contributed by atoms with Gasteiger partial charge in [0.2, 0.25) is 0 Å². The highest BCUT2D eigenvalue weighted by molar-refractivity contribution is 9.10. The van der Waals surface area contributed by atoms with Crippen molar-refractivity contribution < 1.29 is 9.18 Å². The predicted molar refractivity (Wildman–Crippen MR) is 76.3 cm³/mol. The minimum atomic E-state index is -0.430. The average Bonchev–Trinajstić information content (AvgIpc) is 2.43. The van der Waals surface area contributed by atoms with Crippen LogP contribution < -0.4 is 16.6 Å². The molecule has 4 nitrogen and oxygen atoms in total. The molecule has 0 aromatic heterocycles. The highest BCUT2D eigenvalue weighted by Gasteiger charge is 2.07. The van der Waals surface area contributed by atoms with E-state index in [0.29, 0.717) is 21.4 Å². The summed E-state index contributed by atoms with van der Waals surface area (Å²) in [5.41, 5.74) is 4.03. The molecule has 6 heteroatoms. The van der Waals surface area contributed by atoms with Gasteiger partial charge in [0.15, 0.2) is 0 Å². The Morgan fingerprint density at radius 2 is 1.74 bits per heavy atom. The number of hydrazine groups is 1. The molecule has 0 atom stereocenters. The Bertz CT molecular complexity index is 601. The number of anilines is 2. The molecule has 0 radical (unpaired) electrons. The van der Waals surface area contributed by atoms with Crippen LogP contribution in [-0.2, 0) is 0 Å². The molecule has 0 aliphatic rings. The number of rotatable bonds is 3. The first-order valence-corrected chi connectivity index (χ1v) is 6.22. The summed E-state index contributed by atoms with van der Waals surface area (Å²) < 4.78 is 13.7. The van der Waals surface area contributed by atoms with Gasteiger partial charge in [-0.05, 0) is 58.4 Å². The molecule has 2 rings (SSSR count). The first kappa shape index (κ1) is 13.5. The van der Waals surface area contributed by atoms with Crippen molar-refractivity contribution in [1.82, 2.24) is 0 Å². The van der Waals surface area contributed by atoms with Gasteiger partial charge in [0.25, 0.3) is 5.91 Å². The van der Waals surface area contributed by atoms with Crippen molar-refractivity contribution in [3.8, 4) is 0 Å². The lowest BCUT2D eigenvalue weighted by molar-refractivity contribution is 0.102. The van der Waals surface area contributed by atoms with Gasteiger partial charge in [0.05, 0.1) is 4.47 Å². The minimum Gasteiger partial charge on any atom is -0.324 e. The smallest absolute Gasteiger partial charge is 0.255 e. The van der Waals surface area contributed by atoms with Crippen LogP contribution in [0, 0.1) is 5.82 Å². The van der Waals surface area contributed by atoms with Crippen LogP contribution in [-0.4, -0.2) is 5.91 Å². The lowest BCUT2D eigenvalue weighted by Crippen LogP contribution is -2.12. The first-order valence-electron chi connectivity index (χ1n) is 5.43. The van der Waals surface area contributed by atoms with Crippen LogP contribution in [0.5, 0.6) is 0 Å². The largest absolute Gasteiger partial charge is 0.324 e. The van der Waals surface area contributed by atoms with Crippen molar-refractivity contribution in [1.29, 1.82) is 0 Å². The van der Waals surface area contributed by atoms with E-state index >= 15 is 0 Å². The van der Waals surface area contributed by atoms with E-state index < -0.39 is 5.82 Å². The van der Waals surface area contributed by atoms with Gasteiger partial charge in [-0.15, -0.1) is 0 Å². The van der Waals surface area contributed by atoms with Crippen molar-refractivity contribution in [3.05, 3.63) is 58.3 Å². The normalized spacial score (nSPS) is 10.1. The third kappa shape index (κ3) is 3.30. The van der Waals surface area contributed by atoms with Crippen LogP contribution in [0.2, 0.25) is 0 Å². The zero-order valence-electron chi connectivity index (χ0n) is 9.78. The summed E-state index contributed by atoms with van der Waals surface area (Å²) in [6.45, 7) is 0. The molecule has 1 amide bonds. The second-order valence-electron chi connectivity index (χ2n) is 3.80. The molecule has 0 saturated carbocycles. The Hall–Kier alpha value is -1.92. The van der Waals surface area contributed by atoms with E-state index in [9.17, 15) is 9.18 Å². The summed E-state index contributed by atoms with van der Waals surface area (Å²) in [6.07, 6.45) is 0. The maximum atomic E-state index is 13.3. The van der Waals surface area contributed by atoms with Gasteiger partial charge in [0.1, 0.15) is 5.82 Å². The molecule has 0 heterocycles. The fraction of sp³-hybridized carbons (Fsp3) is 0. The van der Waals surface area contributed by atoms with Gasteiger partial charge in [-0.2, -0.15) is 0 Å². The second kappa shape index (κ2) is 5.81. The number of nitrogens with two attached hydrogens (primary N) is 1. The molecule has 0 aliphatic carbocycles. The Labute approximate surface area is 117 Å². The van der Waals surface area contributed by atoms with Crippen LogP contribution in [0.4, 0.5) is 15.8 Å². The summed E-state index contributed by atoms with van der Waals surface area (Å²) in [5.74, 6) is 4.49. The highest BCUT2D eigenvalue weighted by Crippen LogP contribution is 2.20. The third-order valence-electron chi connectivity index (χ3n) is 2.49. The number of hydrogen-bond donors (Lipinski definition) is 3. The molecule has 0 saturated heterocycles. The van der Waals surface area contributed by atoms with Crippen LogP contribution in [0.15, 0.2) is 46.9 Å². The number of nitrogens with one attached hydrogen (secondary N) is 2. The molecule has 0 spiro atoms. The molecule has 0 unspecified atom stereocenters. The minimum absolute atomic E-state index is 0.315. The van der Waals surface area contributed by atoms with Crippen LogP contribution in [0.25, 0.3) is 0 Å². The van der Waals surface area contributed by atoms with E-state index in [0.717, 1.165) is 0 Å². The molecule has 2 aromatic carbocycles. The molecular formula is C13H11BrFN3O. The topological polar surface area (TPSA) is 67.1 Å². The third-order valence-corrected chi connectivity index (χ3v) is 3.13. The predicted octanol–water partition coefficient (Wildman–Crippen LogP) is 3.13. The van der Waals surface area contributed by atoms with E-state index in [1.165, 1.54) is 12.1 Å². The SMILES string of the molecule is NNc1ccc(C(=O)Nc2ccc(Br)c(F)c2)cc1. The van der Waals surface area contributed by atoms with Gasteiger partial charge < -0.3 is 10.7 Å². The fourth-order valence-electron chi connectivity index (χ4n) is 1.49. The molecule has 4 N–H and O–H groups in total. The first-order chi connectivity index (χ1) is 9.10. The molecule has 2 aromatic rings. The zero-order valence-corrected chi connectivity index (χ0v) is 11.4. The average molecular weight is 324 g/mol. The molecular weight excluding hydrogens is 313 g/mol. The lowest BCUT2D eigenvalue weighted by atomic mass is 10.2. The lowest BCUT2D eigenvalue weighted by Gasteiger charge is -2.07. The van der Waals surface area contributed by atoms with E-state index in [1.807, 2.05) is 0 Å². The number of amides is 1. The summed E-state index contributed by atoms with van der Waals surface area (Å²) in [6, 6.07) is 11.0. The maximum Gasteiger partial charge on any atom is 0.255 e. The Kier molecular flexibility index (Phi) is 4.13. The van der Waals surface area contributed by atoms with E-state index in [1.54, 1.807) is 30.3 Å². The van der Waals surface area contributed by atoms with E-state index in [4.69, 9.17) is 5.84 Å². The van der Waals surface area contributed by atoms with Gasteiger partial charge in [-0.25, -0.2) is 4.39 Å². The quantitative estimate of drug-likeness (QED) is 0.600. The zero-order chi connectivity index (χ0) is 13.8. The van der Waals surface area contributed by atoms with Crippen LogP contribution in [0.1, 0.15) is 10.4 Å². The highest BCUT2D eigenvalue weighted by atomic mass is 79.9. The van der Waals surface area contributed by atoms with E-state index in [-0.39, 0.29) is 5.91 Å². The number of halogens is 2. The molecule has 0 bridgehead atoms. The van der Waals surface area contributed by atoms with Crippen LogP contribution >= 0.6 is 15.9 Å². The number of carbonyl (C=O) groups is 1. The second-order valence-corrected chi connectivity index (χ2v) is 4.66. The molecule has 98 valence electrons. The fourth-order valence-corrected chi connectivity index (χ4v) is 1.74. The summed E-state index contributed by atoms with van der Waals surface area (Å²) in [7, 11) is 0. The standard InChI is InChI=1S/C13H11BrFN3O/c14-11-6-5-10(7-12(11)15)17-13(19)8-1-3-9(18-16)4-2-8/h1-7,18H,16H2,(H,17,19). The Morgan fingerprint density at radius 1 is 1.11 bits per heavy atom.